The third-order valence-electron chi connectivity index (χ3n) is 20.6. The van der Waals surface area contributed by atoms with E-state index in [-0.39, 0.29) is 16.8 Å². The van der Waals surface area contributed by atoms with Gasteiger partial charge in [-0.3, -0.25) is 4.79 Å². The maximum absolute atomic E-state index is 13.6. The van der Waals surface area contributed by atoms with Crippen LogP contribution in [0.2, 0.25) is 0 Å². The van der Waals surface area contributed by atoms with E-state index in [1.165, 1.54) is 385 Å². The zero-order valence-corrected chi connectivity index (χ0v) is 55.5. The van der Waals surface area contributed by atoms with Gasteiger partial charge in [0.25, 0.3) is 0 Å². The van der Waals surface area contributed by atoms with Gasteiger partial charge in [0.15, 0.2) is 0 Å². The summed E-state index contributed by atoms with van der Waals surface area (Å²) in [5.41, 5.74) is 1.20. The Hall–Kier alpha value is -0.960. The van der Waals surface area contributed by atoms with Gasteiger partial charge < -0.3 is 4.74 Å². The van der Waals surface area contributed by atoms with Crippen LogP contribution in [0.4, 0.5) is 0 Å². The van der Waals surface area contributed by atoms with E-state index < -0.39 is 0 Å². The quantitative estimate of drug-likeness (QED) is 0.235. The molecule has 2 nitrogen and oxygen atoms in total. The van der Waals surface area contributed by atoms with Gasteiger partial charge in [-0.15, -0.1) is 0 Å². The summed E-state index contributed by atoms with van der Waals surface area (Å²) < 4.78 is 5.97. The maximum atomic E-state index is 13.6. The number of carbonyl (C=O) groups is 1. The van der Waals surface area contributed by atoms with Crippen LogP contribution in [0, 0.1) is 22.7 Å². The van der Waals surface area contributed by atoms with Crippen molar-refractivity contribution in [1.82, 2.24) is 0 Å². The number of benzene rings is 1. The summed E-state index contributed by atoms with van der Waals surface area (Å²) in [5.74, 6) is 2.20. The van der Waals surface area contributed by atoms with Gasteiger partial charge in [-0.25, -0.2) is 0 Å². The molecule has 2 bridgehead atoms. The van der Waals surface area contributed by atoms with Crippen molar-refractivity contribution in [3.8, 4) is 0 Å². The Bertz CT molecular complexity index is 1440. The molecule has 2 fully saturated rings. The molecule has 4 unspecified atom stereocenters. The van der Waals surface area contributed by atoms with Crippen molar-refractivity contribution in [1.29, 1.82) is 0 Å². The van der Waals surface area contributed by atoms with Gasteiger partial charge in [0, 0.05) is 0 Å². The summed E-state index contributed by atoms with van der Waals surface area (Å²) in [6, 6.07) is 10.2. The predicted octanol–water partition coefficient (Wildman–Crippen LogP) is 27.1. The molecule has 3 heteroatoms. The van der Waals surface area contributed by atoms with Crippen molar-refractivity contribution < 1.29 is 9.53 Å². The summed E-state index contributed by atoms with van der Waals surface area (Å²) in [4.78, 5) is 13.6. The lowest BCUT2D eigenvalue weighted by molar-refractivity contribution is -0.151. The molecule has 0 N–H and O–H groups in total. The van der Waals surface area contributed by atoms with Crippen molar-refractivity contribution >= 4 is 18.6 Å². The lowest BCUT2D eigenvalue weighted by Gasteiger charge is -2.52. The monoisotopic (exact) mass is 1130 g/mol. The lowest BCUT2D eigenvalue weighted by Crippen LogP contribution is -2.46. The highest BCUT2D eigenvalue weighted by atomic mass is 32.1. The van der Waals surface area contributed by atoms with Crippen molar-refractivity contribution in [2.24, 2.45) is 22.7 Å². The number of hydrogen-bond donors (Lipinski definition) is 1. The SMILES string of the molecule is CC1(CS)CCCCCCCCCCCCCCCCCCCCCCCCCCCCCCCCCCCCCCCCCCCCCCCCCCCCCCCCCCC2CCC(C)(CC(=O)OCc3ccccc3)C1C2. The second-order valence-electron chi connectivity index (χ2n) is 28.3. The number of ether oxygens (including phenoxy) is 1. The Balaban J connectivity index is 1.32. The summed E-state index contributed by atoms with van der Waals surface area (Å²) >= 11 is 5.13. The number of hydrogen-bond acceptors (Lipinski definition) is 3. The van der Waals surface area contributed by atoms with Crippen LogP contribution in [0.25, 0.3) is 0 Å². The second kappa shape index (κ2) is 53.5. The maximum Gasteiger partial charge on any atom is 0.306 e. The summed E-state index contributed by atoms with van der Waals surface area (Å²) in [5, 5.41) is 0. The van der Waals surface area contributed by atoms with Crippen LogP contribution in [0.15, 0.2) is 30.3 Å². The van der Waals surface area contributed by atoms with E-state index in [1.54, 1.807) is 0 Å². The molecule has 0 heterocycles. The smallest absolute Gasteiger partial charge is 0.306 e. The fourth-order valence-corrected chi connectivity index (χ4v) is 15.4. The first-order valence-electron chi connectivity index (χ1n) is 37.3. The van der Waals surface area contributed by atoms with Gasteiger partial charge in [0.2, 0.25) is 0 Å². The summed E-state index contributed by atoms with van der Waals surface area (Å²) in [7, 11) is 0. The molecule has 0 radical (unpaired) electrons. The minimum Gasteiger partial charge on any atom is -0.461 e. The zero-order valence-electron chi connectivity index (χ0n) is 54.6. The van der Waals surface area contributed by atoms with Crippen LogP contribution >= 0.6 is 12.6 Å². The Morgan fingerprint density at radius 1 is 0.362 bits per heavy atom. The standard InChI is InChI=1S/C77H142O2S/c1-76(69-75(78)79-70-73-63-59-57-60-64-73)67-65-72-62-58-55-53-51-49-47-45-43-41-39-37-35-33-31-29-27-25-23-21-19-17-15-13-11-9-7-5-3-4-6-8-10-12-14-16-18-20-22-24-26-28-30-32-34-36-38-40-42-44-46-48-50-52-54-56-61-66-77(2,71-80)74(76)68-72/h57,59-60,63-64,72,74,80H,3-56,58,61-62,65-71H2,1-2H3. The highest BCUT2D eigenvalue weighted by molar-refractivity contribution is 7.80. The van der Waals surface area contributed by atoms with E-state index in [0.29, 0.717) is 18.9 Å². The first kappa shape index (κ1) is 73.3. The number of fused-ring (bicyclic) bond motifs is 2. The van der Waals surface area contributed by atoms with Gasteiger partial charge in [0.05, 0.1) is 6.42 Å². The third-order valence-corrected chi connectivity index (χ3v) is 21.4. The van der Waals surface area contributed by atoms with E-state index in [2.05, 4.69) is 26.0 Å². The minimum atomic E-state index is -0.0278. The highest BCUT2D eigenvalue weighted by Crippen LogP contribution is 2.56. The Morgan fingerprint density at radius 3 is 0.900 bits per heavy atom. The molecule has 2 aliphatic rings. The van der Waals surface area contributed by atoms with Gasteiger partial charge in [-0.05, 0) is 59.7 Å². The Morgan fingerprint density at radius 2 is 0.625 bits per heavy atom. The molecule has 1 aromatic carbocycles. The van der Waals surface area contributed by atoms with Gasteiger partial charge in [-0.2, -0.15) is 12.6 Å². The Kier molecular flexibility index (Phi) is 49.0. The van der Waals surface area contributed by atoms with E-state index >= 15 is 0 Å². The first-order valence-corrected chi connectivity index (χ1v) is 37.9. The molecular weight excluding hydrogens is 989 g/mol. The normalized spacial score (nSPS) is 27.4. The molecule has 4 atom stereocenters. The molecule has 1 aromatic rings. The molecule has 2 saturated carbocycles. The topological polar surface area (TPSA) is 26.3 Å². The van der Waals surface area contributed by atoms with E-state index in [0.717, 1.165) is 23.7 Å². The molecular formula is C77H142O2S. The molecule has 0 aliphatic heterocycles. The van der Waals surface area contributed by atoms with Crippen LogP contribution in [-0.4, -0.2) is 11.7 Å². The number of carbonyl (C=O) groups excluding carboxylic acids is 1. The van der Waals surface area contributed by atoms with E-state index in [9.17, 15) is 4.79 Å². The van der Waals surface area contributed by atoms with Crippen molar-refractivity contribution in [3.05, 3.63) is 35.9 Å². The second-order valence-corrected chi connectivity index (χ2v) is 28.6. The predicted molar refractivity (Wildman–Crippen MR) is 360 cm³/mol. The average Bonchev–Trinajstić information content (AvgIpc) is 3.46. The fraction of sp³-hybridized carbons (Fsp3) is 0.909. The van der Waals surface area contributed by atoms with Crippen molar-refractivity contribution in [2.75, 3.05) is 5.75 Å². The van der Waals surface area contributed by atoms with Crippen LogP contribution in [0.5, 0.6) is 0 Å². The van der Waals surface area contributed by atoms with Gasteiger partial charge in [0.1, 0.15) is 6.61 Å². The Labute approximate surface area is 508 Å². The van der Waals surface area contributed by atoms with Gasteiger partial charge >= 0.3 is 5.97 Å². The fourth-order valence-electron chi connectivity index (χ4n) is 15.0. The first-order chi connectivity index (χ1) is 39.5. The molecule has 0 saturated heterocycles. The molecule has 0 amide bonds. The van der Waals surface area contributed by atoms with E-state index in [1.807, 2.05) is 18.2 Å². The van der Waals surface area contributed by atoms with E-state index in [4.69, 9.17) is 17.4 Å². The molecule has 0 spiro atoms. The third kappa shape index (κ3) is 41.2. The number of esters is 1. The minimum absolute atomic E-state index is 0.0109. The largest absolute Gasteiger partial charge is 0.461 e. The number of rotatable bonds is 5. The lowest BCUT2D eigenvalue weighted by atomic mass is 9.53. The van der Waals surface area contributed by atoms with Crippen LogP contribution < -0.4 is 0 Å². The summed E-state index contributed by atoms with van der Waals surface area (Å²) in [6.45, 7) is 5.38. The molecule has 80 heavy (non-hydrogen) atoms. The number of thiol groups is 1. The summed E-state index contributed by atoms with van der Waals surface area (Å²) in [6.07, 6.45) is 88.5. The molecule has 2 aliphatic carbocycles. The molecule has 0 aromatic heterocycles. The highest BCUT2D eigenvalue weighted by Gasteiger charge is 2.49. The van der Waals surface area contributed by atoms with Crippen LogP contribution in [-0.2, 0) is 16.1 Å². The molecule has 3 rings (SSSR count). The molecule has 468 valence electrons. The van der Waals surface area contributed by atoms with Crippen LogP contribution in [0.3, 0.4) is 0 Å². The van der Waals surface area contributed by atoms with Crippen molar-refractivity contribution in [2.45, 2.75) is 419 Å². The van der Waals surface area contributed by atoms with Crippen molar-refractivity contribution in [3.63, 3.8) is 0 Å². The zero-order chi connectivity index (χ0) is 56.8. The van der Waals surface area contributed by atoms with Gasteiger partial charge in [-0.1, -0.05) is 410 Å². The average molecular weight is 1130 g/mol. The van der Waals surface area contributed by atoms with Crippen LogP contribution in [0.1, 0.15) is 418 Å².